The van der Waals surface area contributed by atoms with Crippen LogP contribution in [0, 0.1) is 0 Å². The van der Waals surface area contributed by atoms with Gasteiger partial charge in [-0.1, -0.05) is 23.7 Å². The standard InChI is InChI=1S/C21H18ClNO5/c1-2-27-14-5-3-4-12(10-14)18-17-19(25)15-11-13(22)6-7-16(15)28-20(17)21(26)23(18)8-9-24/h3-7,10-11,18,24H,2,8-9H2,1H3/t18-/m0/s1. The number of carbonyl (C=O) groups excluding carboxylic acids is 1. The molecule has 28 heavy (non-hydrogen) atoms. The first-order valence-corrected chi connectivity index (χ1v) is 9.33. The number of rotatable bonds is 5. The second-order valence-electron chi connectivity index (χ2n) is 6.44. The number of amides is 1. The zero-order chi connectivity index (χ0) is 19.8. The summed E-state index contributed by atoms with van der Waals surface area (Å²) in [5, 5.41) is 10.2. The van der Waals surface area contributed by atoms with Gasteiger partial charge >= 0.3 is 0 Å². The van der Waals surface area contributed by atoms with Gasteiger partial charge in [0.2, 0.25) is 5.76 Å². The van der Waals surface area contributed by atoms with Crippen molar-refractivity contribution in [2.45, 2.75) is 13.0 Å². The molecule has 6 nitrogen and oxygen atoms in total. The number of hydrogen-bond acceptors (Lipinski definition) is 5. The molecule has 7 heteroatoms. The molecule has 1 aliphatic rings. The molecule has 1 N–H and O–H groups in total. The van der Waals surface area contributed by atoms with Crippen LogP contribution >= 0.6 is 11.6 Å². The lowest BCUT2D eigenvalue weighted by Crippen LogP contribution is -2.32. The van der Waals surface area contributed by atoms with Gasteiger partial charge in [-0.3, -0.25) is 9.59 Å². The van der Waals surface area contributed by atoms with Gasteiger partial charge in [0, 0.05) is 11.6 Å². The maximum Gasteiger partial charge on any atom is 0.290 e. The van der Waals surface area contributed by atoms with E-state index < -0.39 is 11.9 Å². The average Bonchev–Trinajstić information content (AvgIpc) is 2.96. The number of carbonyl (C=O) groups is 1. The Balaban J connectivity index is 1.97. The van der Waals surface area contributed by atoms with E-state index in [1.807, 2.05) is 19.1 Å². The number of aliphatic hydroxyl groups is 1. The maximum atomic E-state index is 13.3. The molecule has 3 aromatic rings. The number of fused-ring (bicyclic) bond motifs is 2. The van der Waals surface area contributed by atoms with Crippen molar-refractivity contribution in [3.63, 3.8) is 0 Å². The van der Waals surface area contributed by atoms with E-state index in [0.29, 0.717) is 33.9 Å². The van der Waals surface area contributed by atoms with Gasteiger partial charge in [-0.05, 0) is 42.8 Å². The number of ether oxygens (including phenoxy) is 1. The van der Waals surface area contributed by atoms with E-state index in [4.69, 9.17) is 20.8 Å². The molecule has 0 saturated heterocycles. The summed E-state index contributed by atoms with van der Waals surface area (Å²) >= 11 is 6.05. The molecule has 0 unspecified atom stereocenters. The van der Waals surface area contributed by atoms with Crippen molar-refractivity contribution in [3.8, 4) is 5.75 Å². The summed E-state index contributed by atoms with van der Waals surface area (Å²) in [6.07, 6.45) is 0. The second-order valence-corrected chi connectivity index (χ2v) is 6.88. The SMILES string of the molecule is CCOc1cccc([C@H]2c3c(oc4ccc(Cl)cc4c3=O)C(=O)N2CCO)c1. The van der Waals surface area contributed by atoms with Crippen LogP contribution in [0.2, 0.25) is 5.02 Å². The maximum absolute atomic E-state index is 13.3. The molecule has 1 aliphatic heterocycles. The number of halogens is 1. The quantitative estimate of drug-likeness (QED) is 0.711. The fraction of sp³-hybridized carbons (Fsp3) is 0.238. The molecule has 0 aliphatic carbocycles. The number of β-amino-alcohol motifs (C(OH)–C–C–N with tert-alkyl or cyclic N) is 1. The molecular formula is C21H18ClNO5. The molecule has 2 aromatic carbocycles. The fourth-order valence-corrected chi connectivity index (χ4v) is 3.79. The molecule has 1 aromatic heterocycles. The van der Waals surface area contributed by atoms with Crippen LogP contribution in [0.3, 0.4) is 0 Å². The third-order valence-corrected chi connectivity index (χ3v) is 4.99. The van der Waals surface area contributed by atoms with Crippen molar-refractivity contribution in [2.24, 2.45) is 0 Å². The Kier molecular flexibility index (Phi) is 4.83. The van der Waals surface area contributed by atoms with Crippen molar-refractivity contribution < 1.29 is 19.1 Å². The Hall–Kier alpha value is -2.83. The monoisotopic (exact) mass is 399 g/mol. The minimum Gasteiger partial charge on any atom is -0.494 e. The minimum absolute atomic E-state index is 0.0000791. The third kappa shape index (κ3) is 2.95. The van der Waals surface area contributed by atoms with E-state index in [2.05, 4.69) is 0 Å². The van der Waals surface area contributed by atoms with Crippen molar-refractivity contribution in [1.29, 1.82) is 0 Å². The van der Waals surface area contributed by atoms with Gasteiger partial charge in [0.05, 0.1) is 30.2 Å². The normalized spacial score (nSPS) is 15.9. The Morgan fingerprint density at radius 2 is 2.04 bits per heavy atom. The van der Waals surface area contributed by atoms with Gasteiger partial charge in [0.25, 0.3) is 5.91 Å². The van der Waals surface area contributed by atoms with Crippen molar-refractivity contribution >= 4 is 28.5 Å². The van der Waals surface area contributed by atoms with Crippen LogP contribution in [-0.4, -0.2) is 35.7 Å². The molecule has 1 atom stereocenters. The van der Waals surface area contributed by atoms with Gasteiger partial charge in [-0.2, -0.15) is 0 Å². The summed E-state index contributed by atoms with van der Waals surface area (Å²) in [6.45, 7) is 2.21. The summed E-state index contributed by atoms with van der Waals surface area (Å²) in [5.74, 6) is 0.211. The largest absolute Gasteiger partial charge is 0.494 e. The van der Waals surface area contributed by atoms with Crippen LogP contribution in [0.25, 0.3) is 11.0 Å². The zero-order valence-corrected chi connectivity index (χ0v) is 15.9. The van der Waals surface area contributed by atoms with Gasteiger partial charge in [-0.15, -0.1) is 0 Å². The van der Waals surface area contributed by atoms with Crippen LogP contribution in [0.4, 0.5) is 0 Å². The highest BCUT2D eigenvalue weighted by molar-refractivity contribution is 6.31. The highest BCUT2D eigenvalue weighted by atomic mass is 35.5. The second kappa shape index (κ2) is 7.30. The number of aliphatic hydroxyl groups excluding tert-OH is 1. The van der Waals surface area contributed by atoms with Crippen LogP contribution in [0.15, 0.2) is 51.7 Å². The summed E-state index contributed by atoms with van der Waals surface area (Å²) in [6, 6.07) is 11.3. The van der Waals surface area contributed by atoms with Crippen LogP contribution in [-0.2, 0) is 0 Å². The highest BCUT2D eigenvalue weighted by Gasteiger charge is 2.42. The van der Waals surface area contributed by atoms with Crippen LogP contribution in [0.1, 0.15) is 34.6 Å². The predicted molar refractivity (Wildman–Crippen MR) is 105 cm³/mol. The molecule has 2 heterocycles. The first-order chi connectivity index (χ1) is 13.5. The minimum atomic E-state index is -0.672. The molecular weight excluding hydrogens is 382 g/mol. The molecule has 0 fully saturated rings. The number of benzene rings is 2. The first-order valence-electron chi connectivity index (χ1n) is 8.96. The lowest BCUT2D eigenvalue weighted by atomic mass is 9.98. The van der Waals surface area contributed by atoms with Gasteiger partial charge in [-0.25, -0.2) is 0 Å². The fourth-order valence-electron chi connectivity index (χ4n) is 3.62. The Morgan fingerprint density at radius 3 is 2.79 bits per heavy atom. The third-order valence-electron chi connectivity index (χ3n) is 4.75. The predicted octanol–water partition coefficient (Wildman–Crippen LogP) is 3.38. The van der Waals surface area contributed by atoms with E-state index >= 15 is 0 Å². The van der Waals surface area contributed by atoms with Crippen molar-refractivity contribution in [3.05, 3.63) is 74.6 Å². The van der Waals surface area contributed by atoms with Crippen molar-refractivity contribution in [2.75, 3.05) is 19.8 Å². The van der Waals surface area contributed by atoms with E-state index in [-0.39, 0.29) is 29.9 Å². The lowest BCUT2D eigenvalue weighted by molar-refractivity contribution is 0.0691. The Morgan fingerprint density at radius 1 is 1.21 bits per heavy atom. The Labute approximate surface area is 165 Å². The van der Waals surface area contributed by atoms with Gasteiger partial charge in [0.15, 0.2) is 5.43 Å². The molecule has 0 radical (unpaired) electrons. The summed E-state index contributed by atoms with van der Waals surface area (Å²) < 4.78 is 11.4. The van der Waals surface area contributed by atoms with Crippen molar-refractivity contribution in [1.82, 2.24) is 4.90 Å². The molecule has 144 valence electrons. The van der Waals surface area contributed by atoms with E-state index in [1.54, 1.807) is 24.3 Å². The average molecular weight is 400 g/mol. The smallest absolute Gasteiger partial charge is 0.290 e. The molecule has 0 spiro atoms. The first kappa shape index (κ1) is 18.5. The number of nitrogens with zero attached hydrogens (tertiary/aromatic N) is 1. The Bertz CT molecular complexity index is 1120. The van der Waals surface area contributed by atoms with Gasteiger partial charge in [0.1, 0.15) is 11.3 Å². The zero-order valence-electron chi connectivity index (χ0n) is 15.1. The lowest BCUT2D eigenvalue weighted by Gasteiger charge is -2.24. The molecule has 0 saturated carbocycles. The molecule has 1 amide bonds. The van der Waals surface area contributed by atoms with E-state index in [1.165, 1.54) is 11.0 Å². The van der Waals surface area contributed by atoms with E-state index in [0.717, 1.165) is 0 Å². The highest BCUT2D eigenvalue weighted by Crippen LogP contribution is 2.39. The van der Waals surface area contributed by atoms with E-state index in [9.17, 15) is 14.7 Å². The van der Waals surface area contributed by atoms with Crippen LogP contribution in [0.5, 0.6) is 5.75 Å². The van der Waals surface area contributed by atoms with Crippen LogP contribution < -0.4 is 10.2 Å². The molecule has 0 bridgehead atoms. The summed E-state index contributed by atoms with van der Waals surface area (Å²) in [5.41, 5.74) is 0.954. The molecule has 4 rings (SSSR count). The summed E-state index contributed by atoms with van der Waals surface area (Å²) in [4.78, 5) is 27.7. The summed E-state index contributed by atoms with van der Waals surface area (Å²) in [7, 11) is 0. The van der Waals surface area contributed by atoms with Gasteiger partial charge < -0.3 is 19.2 Å². The number of hydrogen-bond donors (Lipinski definition) is 1. The topological polar surface area (TPSA) is 80.0 Å².